The van der Waals surface area contributed by atoms with Crippen LogP contribution in [0.3, 0.4) is 0 Å². The molecule has 164 valence electrons. The van der Waals surface area contributed by atoms with Crippen molar-refractivity contribution in [1.29, 1.82) is 0 Å². The number of ether oxygens (including phenoxy) is 2. The van der Waals surface area contributed by atoms with Crippen LogP contribution in [-0.4, -0.2) is 49.3 Å². The van der Waals surface area contributed by atoms with Gasteiger partial charge < -0.3 is 14.8 Å². The molecule has 29 heavy (non-hydrogen) atoms. The smallest absolute Gasteiger partial charge is 0.256 e. The molecule has 0 spiro atoms. The number of likely N-dealkylation sites (tertiary alicyclic amines) is 1. The lowest BCUT2D eigenvalue weighted by atomic mass is 9.93. The lowest BCUT2D eigenvalue weighted by Crippen LogP contribution is -2.44. The zero-order chi connectivity index (χ0) is 21.3. The van der Waals surface area contributed by atoms with Gasteiger partial charge in [0.15, 0.2) is 0 Å². The summed E-state index contributed by atoms with van der Waals surface area (Å²) in [5.74, 6) is 1.91. The van der Waals surface area contributed by atoms with Gasteiger partial charge in [0.25, 0.3) is 5.91 Å². The number of hydrogen-bond donors (Lipinski definition) is 1. The molecule has 1 amide bonds. The predicted molar refractivity (Wildman–Crippen MR) is 120 cm³/mol. The summed E-state index contributed by atoms with van der Waals surface area (Å²) >= 11 is 0. The maximum Gasteiger partial charge on any atom is 0.256 e. The zero-order valence-corrected chi connectivity index (χ0v) is 19.0. The van der Waals surface area contributed by atoms with Gasteiger partial charge in [0.1, 0.15) is 18.0 Å². The fourth-order valence-electron chi connectivity index (χ4n) is 4.00. The lowest BCUT2D eigenvalue weighted by Gasteiger charge is -2.30. The fourth-order valence-corrected chi connectivity index (χ4v) is 4.00. The van der Waals surface area contributed by atoms with Crippen LogP contribution in [0.25, 0.3) is 0 Å². The van der Waals surface area contributed by atoms with E-state index in [0.717, 1.165) is 30.3 Å². The van der Waals surface area contributed by atoms with Gasteiger partial charge in [0, 0.05) is 25.4 Å². The second-order valence-electron chi connectivity index (χ2n) is 9.05. The van der Waals surface area contributed by atoms with Crippen LogP contribution in [0.2, 0.25) is 0 Å². The van der Waals surface area contributed by atoms with Crippen molar-refractivity contribution < 1.29 is 14.3 Å². The number of piperidine rings is 1. The second kappa shape index (κ2) is 11.6. The molecular weight excluding hydrogens is 364 g/mol. The number of hydrogen-bond acceptors (Lipinski definition) is 4. The molecule has 0 saturated carbocycles. The van der Waals surface area contributed by atoms with Gasteiger partial charge in [0.2, 0.25) is 0 Å². The minimum absolute atomic E-state index is 0.0902. The lowest BCUT2D eigenvalue weighted by molar-refractivity contribution is -0.141. The third-order valence-electron chi connectivity index (χ3n) is 5.43. The largest absolute Gasteiger partial charge is 0.492 e. The molecule has 5 heteroatoms. The summed E-state index contributed by atoms with van der Waals surface area (Å²) in [6.45, 7) is 15.1. The summed E-state index contributed by atoms with van der Waals surface area (Å²) < 4.78 is 11.8. The number of anilines is 1. The molecule has 0 unspecified atom stereocenters. The van der Waals surface area contributed by atoms with Gasteiger partial charge in [-0.1, -0.05) is 27.7 Å². The van der Waals surface area contributed by atoms with Gasteiger partial charge in [-0.05, 0) is 75.3 Å². The quantitative estimate of drug-likeness (QED) is 0.566. The predicted octanol–water partition coefficient (Wildman–Crippen LogP) is 4.97. The number of nitrogens with one attached hydrogen (secondary N) is 1. The Labute approximate surface area is 177 Å². The van der Waals surface area contributed by atoms with Crippen LogP contribution in [0.5, 0.6) is 5.75 Å². The van der Waals surface area contributed by atoms with Crippen LogP contribution in [-0.2, 0) is 9.53 Å². The third kappa shape index (κ3) is 7.98. The van der Waals surface area contributed by atoms with E-state index in [1.165, 1.54) is 25.9 Å². The van der Waals surface area contributed by atoms with Crippen molar-refractivity contribution in [3.8, 4) is 5.75 Å². The first kappa shape index (κ1) is 23.7. The average Bonchev–Trinajstić information content (AvgIpc) is 2.67. The fraction of sp³-hybridized carbons (Fsp3) is 0.708. The number of carbonyl (C=O) groups is 1. The third-order valence-corrected chi connectivity index (χ3v) is 5.43. The summed E-state index contributed by atoms with van der Waals surface area (Å²) in [5.41, 5.74) is -0.0486. The molecule has 1 aliphatic heterocycles. The normalized spacial score (nSPS) is 19.7. The maximum atomic E-state index is 12.9. The summed E-state index contributed by atoms with van der Waals surface area (Å²) in [6.07, 6.45) is 4.20. The Morgan fingerprint density at radius 2 is 2.00 bits per heavy atom. The Balaban J connectivity index is 1.84. The molecule has 1 aromatic carbocycles. The zero-order valence-electron chi connectivity index (χ0n) is 19.0. The molecule has 1 N–H and O–H groups in total. The molecule has 1 heterocycles. The van der Waals surface area contributed by atoms with Crippen molar-refractivity contribution in [2.24, 2.45) is 11.8 Å². The number of nitrogens with zero attached hydrogens (tertiary/aromatic N) is 1. The first-order chi connectivity index (χ1) is 13.8. The van der Waals surface area contributed by atoms with Gasteiger partial charge in [0.05, 0.1) is 0 Å². The molecule has 1 aliphatic rings. The van der Waals surface area contributed by atoms with Crippen LogP contribution in [0, 0.1) is 11.8 Å². The minimum Gasteiger partial charge on any atom is -0.492 e. The molecule has 0 aliphatic carbocycles. The summed E-state index contributed by atoms with van der Waals surface area (Å²) in [6, 6.07) is 7.62. The number of carbonyl (C=O) groups excluding carboxylic acids is 1. The Hall–Kier alpha value is -1.59. The highest BCUT2D eigenvalue weighted by Gasteiger charge is 2.34. The van der Waals surface area contributed by atoms with E-state index < -0.39 is 5.60 Å². The molecule has 0 radical (unpaired) electrons. The number of amides is 1. The SMILES string of the molecule is CCCO[C@](C)(CC(C)C)C(=O)Nc1ccc(OCCN2CCC[C@@H](C)C2)cc1. The van der Waals surface area contributed by atoms with Crippen molar-refractivity contribution in [2.75, 3.05) is 38.2 Å². The van der Waals surface area contributed by atoms with E-state index in [0.29, 0.717) is 25.6 Å². The Morgan fingerprint density at radius 1 is 1.28 bits per heavy atom. The highest BCUT2D eigenvalue weighted by atomic mass is 16.5. The van der Waals surface area contributed by atoms with E-state index in [9.17, 15) is 4.79 Å². The van der Waals surface area contributed by atoms with E-state index in [4.69, 9.17) is 9.47 Å². The molecular formula is C24H40N2O3. The van der Waals surface area contributed by atoms with Crippen LogP contribution in [0.15, 0.2) is 24.3 Å². The van der Waals surface area contributed by atoms with Crippen molar-refractivity contribution in [2.45, 2.75) is 65.9 Å². The van der Waals surface area contributed by atoms with Crippen molar-refractivity contribution in [3.63, 3.8) is 0 Å². The Morgan fingerprint density at radius 3 is 2.62 bits per heavy atom. The molecule has 0 aromatic heterocycles. The standard InChI is InChI=1S/C24H40N2O3/c1-6-15-29-24(5,17-19(2)3)23(27)25-21-9-11-22(12-10-21)28-16-14-26-13-7-8-20(4)18-26/h9-12,19-20H,6-8,13-18H2,1-5H3,(H,25,27)/t20-,24-/m1/s1. The summed E-state index contributed by atoms with van der Waals surface area (Å²) in [5, 5.41) is 3.01. The molecule has 1 saturated heterocycles. The maximum absolute atomic E-state index is 12.9. The topological polar surface area (TPSA) is 50.8 Å². The minimum atomic E-state index is -0.815. The first-order valence-corrected chi connectivity index (χ1v) is 11.2. The first-order valence-electron chi connectivity index (χ1n) is 11.2. The van der Waals surface area contributed by atoms with Gasteiger partial charge in [-0.2, -0.15) is 0 Å². The van der Waals surface area contributed by atoms with E-state index >= 15 is 0 Å². The molecule has 5 nitrogen and oxygen atoms in total. The van der Waals surface area contributed by atoms with Crippen LogP contribution >= 0.6 is 0 Å². The van der Waals surface area contributed by atoms with Crippen LogP contribution < -0.4 is 10.1 Å². The Kier molecular flexibility index (Phi) is 9.44. The van der Waals surface area contributed by atoms with Crippen molar-refractivity contribution in [1.82, 2.24) is 4.90 Å². The van der Waals surface area contributed by atoms with Crippen molar-refractivity contribution in [3.05, 3.63) is 24.3 Å². The molecule has 2 atom stereocenters. The summed E-state index contributed by atoms with van der Waals surface area (Å²) in [4.78, 5) is 15.3. The van der Waals surface area contributed by atoms with E-state index in [-0.39, 0.29) is 5.91 Å². The van der Waals surface area contributed by atoms with Gasteiger partial charge in [-0.25, -0.2) is 0 Å². The summed E-state index contributed by atoms with van der Waals surface area (Å²) in [7, 11) is 0. The number of rotatable bonds is 11. The Bertz CT molecular complexity index is 617. The van der Waals surface area contributed by atoms with E-state index in [1.807, 2.05) is 31.2 Å². The highest BCUT2D eigenvalue weighted by molar-refractivity contribution is 5.97. The van der Waals surface area contributed by atoms with Crippen LogP contribution in [0.1, 0.15) is 60.3 Å². The molecule has 0 bridgehead atoms. The molecule has 1 fully saturated rings. The van der Waals surface area contributed by atoms with Crippen LogP contribution in [0.4, 0.5) is 5.69 Å². The van der Waals surface area contributed by atoms with E-state index in [2.05, 4.69) is 37.9 Å². The average molecular weight is 405 g/mol. The number of benzene rings is 1. The second-order valence-corrected chi connectivity index (χ2v) is 9.05. The molecule has 1 aromatic rings. The van der Waals surface area contributed by atoms with E-state index in [1.54, 1.807) is 0 Å². The monoisotopic (exact) mass is 404 g/mol. The van der Waals surface area contributed by atoms with Gasteiger partial charge >= 0.3 is 0 Å². The molecule has 2 rings (SSSR count). The van der Waals surface area contributed by atoms with Gasteiger partial charge in [-0.3, -0.25) is 9.69 Å². The highest BCUT2D eigenvalue weighted by Crippen LogP contribution is 2.24. The van der Waals surface area contributed by atoms with Crippen molar-refractivity contribution >= 4 is 11.6 Å². The van der Waals surface area contributed by atoms with Gasteiger partial charge in [-0.15, -0.1) is 0 Å².